The lowest BCUT2D eigenvalue weighted by Gasteiger charge is -2.35. The van der Waals surface area contributed by atoms with Crippen LogP contribution in [0.15, 0.2) is 48.8 Å². The van der Waals surface area contributed by atoms with Gasteiger partial charge < -0.3 is 9.38 Å². The summed E-state index contributed by atoms with van der Waals surface area (Å²) in [5, 5.41) is 2.30. The molecule has 0 unspecified atom stereocenters. The predicted molar refractivity (Wildman–Crippen MR) is 163 cm³/mol. The van der Waals surface area contributed by atoms with Crippen LogP contribution in [0.1, 0.15) is 77.8 Å². The van der Waals surface area contributed by atoms with Gasteiger partial charge in [0, 0.05) is 18.8 Å². The van der Waals surface area contributed by atoms with Crippen LogP contribution in [0.4, 0.5) is 14.5 Å². The quantitative estimate of drug-likeness (QED) is 0.132. The van der Waals surface area contributed by atoms with E-state index in [1.165, 1.54) is 49.2 Å². The van der Waals surface area contributed by atoms with Gasteiger partial charge in [0.15, 0.2) is 18.2 Å². The fourth-order valence-corrected chi connectivity index (χ4v) is 5.40. The molecule has 212 valence electrons. The Hall–Kier alpha value is -2.79. The van der Waals surface area contributed by atoms with Crippen molar-refractivity contribution in [2.24, 2.45) is 0 Å². The minimum atomic E-state index is -0.529. The molecule has 0 aliphatic carbocycles. The summed E-state index contributed by atoms with van der Waals surface area (Å²) in [5.41, 5.74) is 2.19. The molecule has 3 aromatic rings. The molecule has 39 heavy (non-hydrogen) atoms. The van der Waals surface area contributed by atoms with Crippen LogP contribution in [-0.4, -0.2) is 43.8 Å². The van der Waals surface area contributed by atoms with Gasteiger partial charge in [-0.1, -0.05) is 51.0 Å². The summed E-state index contributed by atoms with van der Waals surface area (Å²) in [6.45, 7) is 18.1. The molecule has 0 N–H and O–H groups in total. The first kappa shape index (κ1) is 30.7. The maximum absolute atomic E-state index is 14.9. The van der Waals surface area contributed by atoms with E-state index in [9.17, 15) is 8.78 Å². The van der Waals surface area contributed by atoms with Gasteiger partial charge in [-0.2, -0.15) is 13.3 Å². The molecule has 0 radical (unpaired) electrons. The monoisotopic (exact) mass is 537 g/mol. The number of quaternary nitrogens is 1. The second kappa shape index (κ2) is 15.1. The summed E-state index contributed by atoms with van der Waals surface area (Å²) in [6, 6.07) is 12.8. The van der Waals surface area contributed by atoms with E-state index < -0.39 is 11.6 Å². The molecule has 0 atom stereocenters. The van der Waals surface area contributed by atoms with E-state index in [1.807, 2.05) is 6.07 Å². The van der Waals surface area contributed by atoms with Crippen LogP contribution >= 0.6 is 0 Å². The Balaban J connectivity index is 1.72. The van der Waals surface area contributed by atoms with Crippen molar-refractivity contribution >= 4 is 28.6 Å². The Labute approximate surface area is 235 Å². The average Bonchev–Trinajstić information content (AvgIpc) is 2.95. The Bertz CT molecular complexity index is 1180. The van der Waals surface area contributed by atoms with Gasteiger partial charge in [-0.3, -0.25) is 0 Å². The van der Waals surface area contributed by atoms with Gasteiger partial charge in [0.2, 0.25) is 12.4 Å². The molecule has 0 aliphatic heterocycles. The first-order chi connectivity index (χ1) is 18.9. The summed E-state index contributed by atoms with van der Waals surface area (Å²) >= 11 is 0. The number of hydrogen-bond donors (Lipinski definition) is 0. The van der Waals surface area contributed by atoms with E-state index in [1.54, 1.807) is 16.7 Å². The molecular weight excluding hydrogens is 488 g/mol. The van der Waals surface area contributed by atoms with E-state index in [0.29, 0.717) is 6.54 Å². The molecule has 1 heterocycles. The molecule has 3 nitrogen and oxygen atoms in total. The molecule has 0 aliphatic rings. The van der Waals surface area contributed by atoms with E-state index >= 15 is 0 Å². The van der Waals surface area contributed by atoms with Gasteiger partial charge in [-0.25, -0.2) is 0 Å². The summed E-state index contributed by atoms with van der Waals surface area (Å²) < 4.78 is 32.5. The first-order valence-corrected chi connectivity index (χ1v) is 15.1. The van der Waals surface area contributed by atoms with Crippen LogP contribution in [0, 0.1) is 11.6 Å². The van der Waals surface area contributed by atoms with Crippen molar-refractivity contribution in [1.82, 2.24) is 0 Å². The summed E-state index contributed by atoms with van der Waals surface area (Å²) in [7, 11) is 0. The predicted octanol–water partition coefficient (Wildman–Crippen LogP) is 8.25. The average molecular weight is 538 g/mol. The smallest absolute Gasteiger partial charge is 0.205 e. The molecular formula is C34H49F2N3+2. The zero-order chi connectivity index (χ0) is 28.3. The maximum atomic E-state index is 14.9. The number of halogens is 2. The highest BCUT2D eigenvalue weighted by Crippen LogP contribution is 2.25. The second-order valence-corrected chi connectivity index (χ2v) is 10.8. The number of anilines is 1. The standard InChI is InChI=1S/C34H49F2N3/c1-6-11-21-38(22-12-7-2)31-18-17-29-24-28(14-16-30(29)25-31)15-19-32-33(35)26-37(27-34(32)36)20-13-23-39(8-3,9-4)10-5/h14-19,24-27H,6-13,20-23H2,1-5H3/q+2. The van der Waals surface area contributed by atoms with Crippen molar-refractivity contribution in [2.45, 2.75) is 73.3 Å². The highest BCUT2D eigenvalue weighted by molar-refractivity contribution is 5.88. The van der Waals surface area contributed by atoms with Crippen LogP contribution in [0.2, 0.25) is 0 Å². The van der Waals surface area contributed by atoms with Crippen molar-refractivity contribution < 1.29 is 17.8 Å². The number of unbranched alkanes of at least 4 members (excludes halogenated alkanes) is 2. The lowest BCUT2D eigenvalue weighted by Crippen LogP contribution is -2.49. The van der Waals surface area contributed by atoms with Gasteiger partial charge in [0.25, 0.3) is 0 Å². The van der Waals surface area contributed by atoms with Gasteiger partial charge in [-0.05, 0) is 74.2 Å². The minimum Gasteiger partial charge on any atom is -0.372 e. The topological polar surface area (TPSA) is 7.12 Å². The van der Waals surface area contributed by atoms with E-state index in [4.69, 9.17) is 0 Å². The Kier molecular flexibility index (Phi) is 11.9. The third-order valence-electron chi connectivity index (χ3n) is 8.35. The van der Waals surface area contributed by atoms with Crippen molar-refractivity contribution in [2.75, 3.05) is 44.2 Å². The largest absolute Gasteiger partial charge is 0.372 e. The number of nitrogens with zero attached hydrogens (tertiary/aromatic N) is 3. The van der Waals surface area contributed by atoms with E-state index in [0.717, 1.165) is 61.1 Å². The first-order valence-electron chi connectivity index (χ1n) is 15.1. The van der Waals surface area contributed by atoms with Crippen LogP contribution < -0.4 is 9.47 Å². The number of benzene rings is 2. The van der Waals surface area contributed by atoms with Crippen LogP contribution in [0.5, 0.6) is 0 Å². The molecule has 0 spiro atoms. The van der Waals surface area contributed by atoms with Crippen LogP contribution in [0.25, 0.3) is 22.9 Å². The molecule has 0 saturated carbocycles. The van der Waals surface area contributed by atoms with Crippen molar-refractivity contribution in [1.29, 1.82) is 0 Å². The van der Waals surface area contributed by atoms with Crippen molar-refractivity contribution in [3.63, 3.8) is 0 Å². The Morgan fingerprint density at radius 1 is 0.744 bits per heavy atom. The summed E-state index contributed by atoms with van der Waals surface area (Å²) in [4.78, 5) is 2.49. The van der Waals surface area contributed by atoms with Crippen LogP contribution in [-0.2, 0) is 6.54 Å². The van der Waals surface area contributed by atoms with Crippen molar-refractivity contribution in [3.8, 4) is 0 Å². The molecule has 0 saturated heterocycles. The fourth-order valence-electron chi connectivity index (χ4n) is 5.40. The zero-order valence-electron chi connectivity index (χ0n) is 24.9. The van der Waals surface area contributed by atoms with Gasteiger partial charge in [0.1, 0.15) is 0 Å². The second-order valence-electron chi connectivity index (χ2n) is 10.8. The SMILES string of the molecule is CCCCN(CCCC)c1ccc2cc(C=Cc3c(F)c[n+](CCC[N+](CC)(CC)CC)cc3F)ccc2c1. The molecule has 2 aromatic carbocycles. The van der Waals surface area contributed by atoms with Crippen LogP contribution in [0.3, 0.4) is 0 Å². The highest BCUT2D eigenvalue weighted by Gasteiger charge is 2.22. The van der Waals surface area contributed by atoms with E-state index in [2.05, 4.69) is 69.9 Å². The minimum absolute atomic E-state index is 0.00462. The number of aromatic nitrogens is 1. The lowest BCUT2D eigenvalue weighted by atomic mass is 10.0. The molecule has 0 fully saturated rings. The fraction of sp³-hybridized carbons (Fsp3) is 0.500. The number of rotatable bonds is 16. The summed E-state index contributed by atoms with van der Waals surface area (Å²) in [5.74, 6) is -1.06. The molecule has 0 bridgehead atoms. The third-order valence-corrected chi connectivity index (χ3v) is 8.35. The molecule has 5 heteroatoms. The Morgan fingerprint density at radius 2 is 1.33 bits per heavy atom. The number of aryl methyl sites for hydroxylation is 1. The maximum Gasteiger partial charge on any atom is 0.205 e. The molecule has 0 amide bonds. The summed E-state index contributed by atoms with van der Waals surface area (Å²) in [6.07, 6.45) is 11.8. The normalized spacial score (nSPS) is 12.1. The zero-order valence-corrected chi connectivity index (χ0v) is 24.9. The van der Waals surface area contributed by atoms with Gasteiger partial charge in [-0.15, -0.1) is 0 Å². The van der Waals surface area contributed by atoms with E-state index in [-0.39, 0.29) is 5.56 Å². The third kappa shape index (κ3) is 8.35. The van der Waals surface area contributed by atoms with Gasteiger partial charge in [0.05, 0.1) is 38.2 Å². The van der Waals surface area contributed by atoms with Crippen molar-refractivity contribution in [3.05, 3.63) is 71.6 Å². The molecule has 1 aromatic heterocycles. The lowest BCUT2D eigenvalue weighted by molar-refractivity contribution is -0.925. The number of hydrogen-bond acceptors (Lipinski definition) is 1. The molecule has 3 rings (SSSR count). The highest BCUT2D eigenvalue weighted by atomic mass is 19.1. The Morgan fingerprint density at radius 3 is 1.92 bits per heavy atom. The number of pyridine rings is 1. The number of fused-ring (bicyclic) bond motifs is 1. The van der Waals surface area contributed by atoms with Gasteiger partial charge >= 0.3 is 0 Å².